The molecular weight excluding hydrogens is 390 g/mol. The zero-order valence-corrected chi connectivity index (χ0v) is 19.2. The fourth-order valence-electron chi connectivity index (χ4n) is 3.37. The molecule has 6 heteroatoms. The summed E-state index contributed by atoms with van der Waals surface area (Å²) in [5, 5.41) is 0.467. The summed E-state index contributed by atoms with van der Waals surface area (Å²) in [4.78, 5) is 30.8. The Morgan fingerprint density at radius 3 is 2.03 bits per heavy atom. The molecule has 0 saturated heterocycles. The molecular formula is C23H30ClNO4. The second-order valence-electron chi connectivity index (χ2n) is 9.26. The van der Waals surface area contributed by atoms with E-state index in [1.54, 1.807) is 61.5 Å². The number of aliphatic imine (C=N–C) groups is 1. The molecule has 0 N–H and O–H groups in total. The van der Waals surface area contributed by atoms with Crippen molar-refractivity contribution < 1.29 is 19.1 Å². The van der Waals surface area contributed by atoms with Gasteiger partial charge in [0, 0.05) is 22.3 Å². The Kier molecular flexibility index (Phi) is 6.63. The van der Waals surface area contributed by atoms with E-state index in [4.69, 9.17) is 21.1 Å². The summed E-state index contributed by atoms with van der Waals surface area (Å²) in [5.74, 6) is -2.38. The summed E-state index contributed by atoms with van der Waals surface area (Å²) in [7, 11) is 0. The van der Waals surface area contributed by atoms with E-state index in [-0.39, 0.29) is 0 Å². The summed E-state index contributed by atoms with van der Waals surface area (Å²) < 4.78 is 11.3. The molecule has 1 heterocycles. The van der Waals surface area contributed by atoms with Crippen LogP contribution < -0.4 is 0 Å². The molecule has 5 nitrogen and oxygen atoms in total. The standard InChI is InChI=1S/C23H30ClNO4/c1-13-17(20(26)28-22(3,4)5)19(15-11-9-10-12-16(15)24)18(14(2)25-13)21(27)29-23(6,7)8/h9-12,17,19H,1-8H3. The second kappa shape index (κ2) is 8.31. The second-order valence-corrected chi connectivity index (χ2v) is 9.67. The lowest BCUT2D eigenvalue weighted by atomic mass is 9.75. The molecule has 2 atom stereocenters. The SMILES string of the molecule is CC1=NC(C)=C(C(=O)OC(C)(C)C)C(c2ccccc2Cl)C1C(=O)OC(C)(C)C. The summed E-state index contributed by atoms with van der Waals surface area (Å²) in [6, 6.07) is 7.20. The Labute approximate surface area is 178 Å². The molecule has 0 radical (unpaired) electrons. The molecule has 0 fully saturated rings. The van der Waals surface area contributed by atoms with E-state index in [2.05, 4.69) is 4.99 Å². The van der Waals surface area contributed by atoms with Gasteiger partial charge >= 0.3 is 11.9 Å². The number of hydrogen-bond donors (Lipinski definition) is 0. The van der Waals surface area contributed by atoms with Crippen LogP contribution in [0, 0.1) is 5.92 Å². The van der Waals surface area contributed by atoms with Crippen molar-refractivity contribution in [3.8, 4) is 0 Å². The first-order chi connectivity index (χ1) is 13.2. The molecule has 0 amide bonds. The monoisotopic (exact) mass is 419 g/mol. The smallest absolute Gasteiger partial charge is 0.337 e. The molecule has 0 saturated carbocycles. The fraction of sp³-hybridized carbons (Fsp3) is 0.522. The predicted octanol–water partition coefficient (Wildman–Crippen LogP) is 5.47. The molecule has 1 aliphatic heterocycles. The molecule has 2 rings (SSSR count). The third-order valence-corrected chi connectivity index (χ3v) is 4.69. The van der Waals surface area contributed by atoms with Crippen molar-refractivity contribution in [1.29, 1.82) is 0 Å². The minimum atomic E-state index is -0.777. The number of esters is 2. The number of benzene rings is 1. The van der Waals surface area contributed by atoms with Crippen LogP contribution in [-0.2, 0) is 19.1 Å². The van der Waals surface area contributed by atoms with Crippen molar-refractivity contribution in [1.82, 2.24) is 0 Å². The van der Waals surface area contributed by atoms with Gasteiger partial charge in [0.1, 0.15) is 17.1 Å². The van der Waals surface area contributed by atoms with Gasteiger partial charge in [-0.25, -0.2) is 4.79 Å². The maximum atomic E-state index is 13.2. The zero-order valence-electron chi connectivity index (χ0n) is 18.4. The number of hydrogen-bond acceptors (Lipinski definition) is 5. The highest BCUT2D eigenvalue weighted by atomic mass is 35.5. The maximum Gasteiger partial charge on any atom is 0.337 e. The van der Waals surface area contributed by atoms with E-state index in [1.165, 1.54) is 0 Å². The van der Waals surface area contributed by atoms with Crippen LogP contribution in [0.3, 0.4) is 0 Å². The molecule has 1 aromatic carbocycles. The van der Waals surface area contributed by atoms with E-state index in [9.17, 15) is 9.59 Å². The third-order valence-electron chi connectivity index (χ3n) is 4.35. The van der Waals surface area contributed by atoms with Crippen molar-refractivity contribution in [3.05, 3.63) is 46.1 Å². The Bertz CT molecular complexity index is 872. The van der Waals surface area contributed by atoms with Gasteiger partial charge < -0.3 is 9.47 Å². The van der Waals surface area contributed by atoms with Gasteiger partial charge in [-0.2, -0.15) is 0 Å². The minimum absolute atomic E-state index is 0.328. The van der Waals surface area contributed by atoms with Crippen molar-refractivity contribution in [2.45, 2.75) is 72.5 Å². The number of allylic oxidation sites excluding steroid dienone is 1. The molecule has 1 aromatic rings. The normalized spacial score (nSPS) is 20.2. The lowest BCUT2D eigenvalue weighted by Gasteiger charge is -2.34. The molecule has 2 unspecified atom stereocenters. The van der Waals surface area contributed by atoms with Gasteiger partial charge in [-0.1, -0.05) is 29.8 Å². The number of halogens is 1. The molecule has 0 aliphatic carbocycles. The van der Waals surface area contributed by atoms with Crippen LogP contribution in [0.2, 0.25) is 5.02 Å². The summed E-state index contributed by atoms with van der Waals surface area (Å²) in [6.07, 6.45) is 0. The van der Waals surface area contributed by atoms with Crippen molar-refractivity contribution in [2.24, 2.45) is 10.9 Å². The van der Waals surface area contributed by atoms with Gasteiger partial charge in [0.2, 0.25) is 0 Å². The minimum Gasteiger partial charge on any atom is -0.459 e. The van der Waals surface area contributed by atoms with Crippen molar-refractivity contribution in [3.63, 3.8) is 0 Å². The van der Waals surface area contributed by atoms with Gasteiger partial charge in [-0.15, -0.1) is 0 Å². The fourth-order valence-corrected chi connectivity index (χ4v) is 3.62. The quantitative estimate of drug-likeness (QED) is 0.609. The summed E-state index contributed by atoms with van der Waals surface area (Å²) in [6.45, 7) is 14.3. The van der Waals surface area contributed by atoms with Crippen LogP contribution in [0.5, 0.6) is 0 Å². The number of carbonyl (C=O) groups is 2. The van der Waals surface area contributed by atoms with E-state index in [1.807, 2.05) is 18.2 Å². The molecule has 29 heavy (non-hydrogen) atoms. The summed E-state index contributed by atoms with van der Waals surface area (Å²) >= 11 is 6.49. The van der Waals surface area contributed by atoms with Crippen LogP contribution in [0.25, 0.3) is 0 Å². The number of nitrogens with zero attached hydrogens (tertiary/aromatic N) is 1. The van der Waals surface area contributed by atoms with Gasteiger partial charge in [0.25, 0.3) is 0 Å². The van der Waals surface area contributed by atoms with Gasteiger partial charge in [0.15, 0.2) is 0 Å². The molecule has 0 aromatic heterocycles. The first-order valence-electron chi connectivity index (χ1n) is 9.68. The lowest BCUT2D eigenvalue weighted by Crippen LogP contribution is -2.40. The Morgan fingerprint density at radius 1 is 0.966 bits per heavy atom. The first-order valence-corrected chi connectivity index (χ1v) is 10.1. The molecule has 0 bridgehead atoms. The zero-order chi connectivity index (χ0) is 22.1. The number of carbonyl (C=O) groups excluding carboxylic acids is 2. The van der Waals surface area contributed by atoms with Gasteiger partial charge in [0.05, 0.1) is 5.57 Å². The number of rotatable bonds is 3. The predicted molar refractivity (Wildman–Crippen MR) is 115 cm³/mol. The molecule has 0 spiro atoms. The van der Waals surface area contributed by atoms with Crippen LogP contribution in [-0.4, -0.2) is 28.9 Å². The van der Waals surface area contributed by atoms with E-state index < -0.39 is 35.0 Å². The first kappa shape index (κ1) is 23.1. The topological polar surface area (TPSA) is 65.0 Å². The molecule has 1 aliphatic rings. The van der Waals surface area contributed by atoms with Crippen molar-refractivity contribution in [2.75, 3.05) is 0 Å². The largest absolute Gasteiger partial charge is 0.459 e. The van der Waals surface area contributed by atoms with E-state index in [0.29, 0.717) is 27.6 Å². The number of ether oxygens (including phenoxy) is 2. The Morgan fingerprint density at radius 2 is 1.52 bits per heavy atom. The van der Waals surface area contributed by atoms with Crippen LogP contribution in [0.4, 0.5) is 0 Å². The highest BCUT2D eigenvalue weighted by Crippen LogP contribution is 2.43. The van der Waals surface area contributed by atoms with Crippen LogP contribution in [0.15, 0.2) is 40.5 Å². The Balaban J connectivity index is 2.66. The average molecular weight is 420 g/mol. The van der Waals surface area contributed by atoms with Crippen molar-refractivity contribution >= 4 is 29.3 Å². The summed E-state index contributed by atoms with van der Waals surface area (Å²) in [5.41, 5.74) is 0.724. The van der Waals surface area contributed by atoms with E-state index in [0.717, 1.165) is 0 Å². The maximum absolute atomic E-state index is 13.2. The molecule has 158 valence electrons. The van der Waals surface area contributed by atoms with E-state index >= 15 is 0 Å². The van der Waals surface area contributed by atoms with Gasteiger partial charge in [-0.3, -0.25) is 9.79 Å². The average Bonchev–Trinajstić information content (AvgIpc) is 2.50. The lowest BCUT2D eigenvalue weighted by molar-refractivity contribution is -0.158. The third kappa shape index (κ3) is 5.69. The highest BCUT2D eigenvalue weighted by Gasteiger charge is 2.44. The highest BCUT2D eigenvalue weighted by molar-refractivity contribution is 6.31. The van der Waals surface area contributed by atoms with Crippen LogP contribution >= 0.6 is 11.6 Å². The van der Waals surface area contributed by atoms with Gasteiger partial charge in [-0.05, 0) is 67.0 Å². The van der Waals surface area contributed by atoms with Crippen LogP contribution in [0.1, 0.15) is 66.9 Å². The Hall–Kier alpha value is -2.14.